The summed E-state index contributed by atoms with van der Waals surface area (Å²) in [6, 6.07) is 13.8. The highest BCUT2D eigenvalue weighted by atomic mass is 79.9. The summed E-state index contributed by atoms with van der Waals surface area (Å²) in [4.78, 5) is 0. The van der Waals surface area contributed by atoms with E-state index in [1.165, 1.54) is 18.2 Å². The Kier molecular flexibility index (Phi) is 4.21. The standard InChI is InChI=1S/C16H11BrF3NO2/c17-13-8-11(5-6-15(13)23-16(18,19)20)21-9-12-7-10-3-1-2-4-14(10)22-12/h1-8,21H,9H2. The molecule has 3 aromatic rings. The van der Waals surface area contributed by atoms with Gasteiger partial charge in [-0.2, -0.15) is 0 Å². The van der Waals surface area contributed by atoms with Crippen molar-refractivity contribution in [1.82, 2.24) is 0 Å². The van der Waals surface area contributed by atoms with Gasteiger partial charge in [0, 0.05) is 11.1 Å². The molecule has 0 atom stereocenters. The van der Waals surface area contributed by atoms with Crippen LogP contribution >= 0.6 is 15.9 Å². The molecule has 0 saturated carbocycles. The van der Waals surface area contributed by atoms with Crippen LogP contribution in [0.3, 0.4) is 0 Å². The number of halogens is 4. The highest BCUT2D eigenvalue weighted by Crippen LogP contribution is 2.32. The molecular formula is C16H11BrF3NO2. The van der Waals surface area contributed by atoms with E-state index < -0.39 is 6.36 Å². The summed E-state index contributed by atoms with van der Waals surface area (Å²) in [5.74, 6) is 0.449. The van der Waals surface area contributed by atoms with Gasteiger partial charge in [-0.15, -0.1) is 13.2 Å². The molecule has 3 nitrogen and oxygen atoms in total. The van der Waals surface area contributed by atoms with Gasteiger partial charge in [0.05, 0.1) is 11.0 Å². The maximum atomic E-state index is 12.2. The van der Waals surface area contributed by atoms with E-state index in [1.54, 1.807) is 0 Å². The molecule has 0 spiro atoms. The lowest BCUT2D eigenvalue weighted by atomic mass is 10.2. The number of nitrogens with one attached hydrogen (secondary N) is 1. The number of rotatable bonds is 4. The summed E-state index contributed by atoms with van der Waals surface area (Å²) in [6.45, 7) is 0.417. The number of furan rings is 1. The maximum absolute atomic E-state index is 12.2. The van der Waals surface area contributed by atoms with Crippen LogP contribution in [-0.2, 0) is 6.54 Å². The molecule has 0 fully saturated rings. The van der Waals surface area contributed by atoms with Crippen molar-refractivity contribution in [3.05, 3.63) is 58.8 Å². The van der Waals surface area contributed by atoms with E-state index >= 15 is 0 Å². The molecular weight excluding hydrogens is 375 g/mol. The van der Waals surface area contributed by atoms with E-state index in [1.807, 2.05) is 30.3 Å². The average molecular weight is 386 g/mol. The number of fused-ring (bicyclic) bond motifs is 1. The lowest BCUT2D eigenvalue weighted by Crippen LogP contribution is -2.17. The van der Waals surface area contributed by atoms with Gasteiger partial charge >= 0.3 is 6.36 Å². The number of anilines is 1. The third kappa shape index (κ3) is 3.98. The zero-order chi connectivity index (χ0) is 16.4. The molecule has 3 rings (SSSR count). The van der Waals surface area contributed by atoms with Gasteiger partial charge in [-0.1, -0.05) is 18.2 Å². The molecule has 0 bridgehead atoms. The van der Waals surface area contributed by atoms with Crippen LogP contribution in [-0.4, -0.2) is 6.36 Å². The summed E-state index contributed by atoms with van der Waals surface area (Å²) in [5, 5.41) is 4.09. The predicted molar refractivity (Wildman–Crippen MR) is 84.4 cm³/mol. The zero-order valence-electron chi connectivity index (χ0n) is 11.7. The fraction of sp³-hybridized carbons (Fsp3) is 0.125. The molecule has 1 N–H and O–H groups in total. The van der Waals surface area contributed by atoms with Crippen molar-refractivity contribution in [2.75, 3.05) is 5.32 Å². The largest absolute Gasteiger partial charge is 0.573 e. The lowest BCUT2D eigenvalue weighted by Gasteiger charge is -2.12. The van der Waals surface area contributed by atoms with Crippen LogP contribution in [0.5, 0.6) is 5.75 Å². The van der Waals surface area contributed by atoms with E-state index in [9.17, 15) is 13.2 Å². The average Bonchev–Trinajstić information content (AvgIpc) is 2.89. The van der Waals surface area contributed by atoms with Crippen molar-refractivity contribution >= 4 is 32.6 Å². The van der Waals surface area contributed by atoms with E-state index in [2.05, 4.69) is 26.0 Å². The Labute approximate surface area is 138 Å². The number of alkyl halides is 3. The second kappa shape index (κ2) is 6.16. The van der Waals surface area contributed by atoms with E-state index in [-0.39, 0.29) is 10.2 Å². The van der Waals surface area contributed by atoms with Crippen LogP contribution < -0.4 is 10.1 Å². The Morgan fingerprint density at radius 3 is 2.57 bits per heavy atom. The van der Waals surface area contributed by atoms with Crippen molar-refractivity contribution in [1.29, 1.82) is 0 Å². The molecule has 23 heavy (non-hydrogen) atoms. The van der Waals surface area contributed by atoms with Crippen LogP contribution in [0.4, 0.5) is 18.9 Å². The van der Waals surface area contributed by atoms with E-state index in [0.717, 1.165) is 16.7 Å². The number of para-hydroxylation sites is 1. The molecule has 0 amide bonds. The Morgan fingerprint density at radius 1 is 1.09 bits per heavy atom. The summed E-state index contributed by atoms with van der Waals surface area (Å²) in [7, 11) is 0. The maximum Gasteiger partial charge on any atom is 0.573 e. The first-order valence-corrected chi connectivity index (χ1v) is 7.47. The minimum atomic E-state index is -4.72. The van der Waals surface area contributed by atoms with Crippen molar-refractivity contribution in [2.45, 2.75) is 12.9 Å². The first-order valence-electron chi connectivity index (χ1n) is 6.67. The minimum Gasteiger partial charge on any atom is -0.459 e. The van der Waals surface area contributed by atoms with Gasteiger partial charge in [-0.05, 0) is 46.3 Å². The molecule has 0 saturated heterocycles. The summed E-state index contributed by atoms with van der Waals surface area (Å²) in [6.07, 6.45) is -4.72. The summed E-state index contributed by atoms with van der Waals surface area (Å²) >= 11 is 3.07. The second-order valence-electron chi connectivity index (χ2n) is 4.80. The lowest BCUT2D eigenvalue weighted by molar-refractivity contribution is -0.274. The Hall–Kier alpha value is -2.15. The molecule has 120 valence electrons. The normalized spacial score (nSPS) is 11.7. The van der Waals surface area contributed by atoms with Gasteiger partial charge in [-0.3, -0.25) is 0 Å². The first-order chi connectivity index (χ1) is 10.9. The highest BCUT2D eigenvalue weighted by molar-refractivity contribution is 9.10. The smallest absolute Gasteiger partial charge is 0.459 e. The molecule has 0 aliphatic carbocycles. The number of hydrogen-bond donors (Lipinski definition) is 1. The second-order valence-corrected chi connectivity index (χ2v) is 5.65. The van der Waals surface area contributed by atoms with Crippen LogP contribution in [0.1, 0.15) is 5.76 Å². The van der Waals surface area contributed by atoms with Gasteiger partial charge in [0.25, 0.3) is 0 Å². The molecule has 0 aliphatic rings. The van der Waals surface area contributed by atoms with E-state index in [0.29, 0.717) is 12.2 Å². The molecule has 0 aliphatic heterocycles. The zero-order valence-corrected chi connectivity index (χ0v) is 13.2. The van der Waals surface area contributed by atoms with Crippen molar-refractivity contribution in [3.63, 3.8) is 0 Å². The van der Waals surface area contributed by atoms with E-state index in [4.69, 9.17) is 4.42 Å². The SMILES string of the molecule is FC(F)(F)Oc1ccc(NCc2cc3ccccc3o2)cc1Br. The predicted octanol–water partition coefficient (Wildman–Crippen LogP) is 5.71. The topological polar surface area (TPSA) is 34.4 Å². The molecule has 0 unspecified atom stereocenters. The molecule has 1 aromatic heterocycles. The number of benzene rings is 2. The van der Waals surface area contributed by atoms with Crippen molar-refractivity contribution in [3.8, 4) is 5.75 Å². The molecule has 1 heterocycles. The molecule has 2 aromatic carbocycles. The van der Waals surface area contributed by atoms with Crippen LogP contribution in [0.15, 0.2) is 57.4 Å². The quantitative estimate of drug-likeness (QED) is 0.624. The summed E-state index contributed by atoms with van der Waals surface area (Å²) in [5.41, 5.74) is 1.44. The Bertz CT molecular complexity index is 797. The number of hydrogen-bond acceptors (Lipinski definition) is 3. The van der Waals surface area contributed by atoms with Gasteiger partial charge in [-0.25, -0.2) is 0 Å². The van der Waals surface area contributed by atoms with Gasteiger partial charge in [0.2, 0.25) is 0 Å². The number of ether oxygens (including phenoxy) is 1. The Morgan fingerprint density at radius 2 is 1.87 bits per heavy atom. The van der Waals surface area contributed by atoms with Gasteiger partial charge < -0.3 is 14.5 Å². The van der Waals surface area contributed by atoms with Crippen molar-refractivity contribution in [2.24, 2.45) is 0 Å². The van der Waals surface area contributed by atoms with Crippen LogP contribution in [0.2, 0.25) is 0 Å². The minimum absolute atomic E-state index is 0.212. The van der Waals surface area contributed by atoms with Crippen LogP contribution in [0, 0.1) is 0 Å². The van der Waals surface area contributed by atoms with Crippen molar-refractivity contribution < 1.29 is 22.3 Å². The fourth-order valence-corrected chi connectivity index (χ4v) is 2.59. The van der Waals surface area contributed by atoms with Gasteiger partial charge in [0.1, 0.15) is 17.1 Å². The third-order valence-electron chi connectivity index (χ3n) is 3.10. The summed E-state index contributed by atoms with van der Waals surface area (Å²) < 4.78 is 46.4. The molecule has 0 radical (unpaired) electrons. The molecule has 7 heteroatoms. The highest BCUT2D eigenvalue weighted by Gasteiger charge is 2.31. The van der Waals surface area contributed by atoms with Gasteiger partial charge in [0.15, 0.2) is 0 Å². The third-order valence-corrected chi connectivity index (χ3v) is 3.72. The monoisotopic (exact) mass is 385 g/mol. The van der Waals surface area contributed by atoms with Crippen LogP contribution in [0.25, 0.3) is 11.0 Å². The Balaban J connectivity index is 1.69. The fourth-order valence-electron chi connectivity index (χ4n) is 2.13. The first kappa shape index (κ1) is 15.7.